The quantitative estimate of drug-likeness (QED) is 0.873. The topological polar surface area (TPSA) is 43.8 Å². The van der Waals surface area contributed by atoms with E-state index in [2.05, 4.69) is 11.0 Å². The van der Waals surface area contributed by atoms with Gasteiger partial charge in [0.05, 0.1) is 11.0 Å². The van der Waals surface area contributed by atoms with E-state index in [0.29, 0.717) is 12.5 Å². The van der Waals surface area contributed by atoms with Crippen LogP contribution in [0.15, 0.2) is 35.7 Å². The minimum Gasteiger partial charge on any atom is -0.387 e. The number of aliphatic hydroxyl groups is 1. The number of carbonyl (C=O) groups excluding carboxylic acids is 1. The van der Waals surface area contributed by atoms with Gasteiger partial charge in [0.15, 0.2) is 0 Å². The number of rotatable bonds is 5. The first-order chi connectivity index (χ1) is 12.6. The fraction of sp³-hybridized carbons (Fsp3) is 0.450. The summed E-state index contributed by atoms with van der Waals surface area (Å²) in [4.78, 5) is 17.5. The second-order valence-electron chi connectivity index (χ2n) is 7.27. The van der Waals surface area contributed by atoms with Crippen LogP contribution in [0.2, 0.25) is 0 Å². The largest absolute Gasteiger partial charge is 0.387 e. The summed E-state index contributed by atoms with van der Waals surface area (Å²) in [5, 5.41) is 12.3. The molecule has 2 aromatic rings. The molecule has 0 spiro atoms. The van der Waals surface area contributed by atoms with Gasteiger partial charge in [0.2, 0.25) is 0 Å². The van der Waals surface area contributed by atoms with Crippen LogP contribution in [0.3, 0.4) is 0 Å². The number of fused-ring (bicyclic) bond motifs is 1. The van der Waals surface area contributed by atoms with Crippen molar-refractivity contribution in [2.75, 3.05) is 26.2 Å². The number of thiophene rings is 1. The average Bonchev–Trinajstić information content (AvgIpc) is 3.21. The first-order valence-corrected chi connectivity index (χ1v) is 9.99. The molecule has 0 aliphatic carbocycles. The molecule has 2 aliphatic rings. The van der Waals surface area contributed by atoms with Crippen molar-refractivity contribution in [2.45, 2.75) is 25.5 Å². The SMILES string of the molecule is O=C1c2sccc2CN1CC1CCN(CC(O)c2ccc(F)cc2)CC1. The van der Waals surface area contributed by atoms with Crippen LogP contribution >= 0.6 is 11.3 Å². The van der Waals surface area contributed by atoms with Crippen molar-refractivity contribution in [3.63, 3.8) is 0 Å². The number of aliphatic hydroxyl groups excluding tert-OH is 1. The van der Waals surface area contributed by atoms with Gasteiger partial charge in [-0.15, -0.1) is 11.3 Å². The van der Waals surface area contributed by atoms with Crippen LogP contribution in [0.5, 0.6) is 0 Å². The molecule has 1 N–H and O–H groups in total. The Labute approximate surface area is 156 Å². The lowest BCUT2D eigenvalue weighted by molar-refractivity contribution is 0.0656. The molecule has 1 aromatic heterocycles. The Hall–Kier alpha value is -1.76. The lowest BCUT2D eigenvalue weighted by atomic mass is 9.95. The maximum atomic E-state index is 13.0. The van der Waals surface area contributed by atoms with Gasteiger partial charge in [-0.25, -0.2) is 4.39 Å². The lowest BCUT2D eigenvalue weighted by Crippen LogP contribution is -2.40. The molecule has 1 fully saturated rings. The van der Waals surface area contributed by atoms with Crippen LogP contribution in [-0.4, -0.2) is 47.0 Å². The number of likely N-dealkylation sites (tertiary alicyclic amines) is 1. The van der Waals surface area contributed by atoms with Crippen molar-refractivity contribution in [2.24, 2.45) is 5.92 Å². The molecule has 138 valence electrons. The number of β-amino-alcohol motifs (C(OH)–C–C–N with tert-alkyl or cyclic N) is 1. The lowest BCUT2D eigenvalue weighted by Gasteiger charge is -2.34. The Morgan fingerprint density at radius 1 is 1.19 bits per heavy atom. The average molecular weight is 374 g/mol. The highest BCUT2D eigenvalue weighted by molar-refractivity contribution is 7.12. The Morgan fingerprint density at radius 2 is 1.92 bits per heavy atom. The number of benzene rings is 1. The third kappa shape index (κ3) is 3.68. The molecule has 6 heteroatoms. The van der Waals surface area contributed by atoms with E-state index >= 15 is 0 Å². The van der Waals surface area contributed by atoms with Gasteiger partial charge >= 0.3 is 0 Å². The van der Waals surface area contributed by atoms with E-state index < -0.39 is 6.10 Å². The van der Waals surface area contributed by atoms with Crippen LogP contribution in [0.1, 0.15) is 39.7 Å². The number of nitrogens with zero attached hydrogens (tertiary/aromatic N) is 2. The van der Waals surface area contributed by atoms with Crippen LogP contribution < -0.4 is 0 Å². The molecule has 1 unspecified atom stereocenters. The summed E-state index contributed by atoms with van der Waals surface area (Å²) in [5.41, 5.74) is 1.92. The zero-order valence-corrected chi connectivity index (χ0v) is 15.4. The van der Waals surface area contributed by atoms with Crippen LogP contribution in [0.4, 0.5) is 4.39 Å². The van der Waals surface area contributed by atoms with Crippen molar-refractivity contribution < 1.29 is 14.3 Å². The second-order valence-corrected chi connectivity index (χ2v) is 8.19. The molecule has 0 radical (unpaired) electrons. The number of carbonyl (C=O) groups is 1. The Balaban J connectivity index is 1.25. The molecule has 26 heavy (non-hydrogen) atoms. The summed E-state index contributed by atoms with van der Waals surface area (Å²) in [5.74, 6) is 0.420. The smallest absolute Gasteiger partial charge is 0.264 e. The summed E-state index contributed by atoms with van der Waals surface area (Å²) >= 11 is 1.54. The maximum absolute atomic E-state index is 13.0. The highest BCUT2D eigenvalue weighted by Gasteiger charge is 2.31. The summed E-state index contributed by atoms with van der Waals surface area (Å²) in [6, 6.07) is 8.11. The van der Waals surface area contributed by atoms with Crippen molar-refractivity contribution in [1.29, 1.82) is 0 Å². The highest BCUT2D eigenvalue weighted by Crippen LogP contribution is 2.30. The van der Waals surface area contributed by atoms with Gasteiger partial charge in [-0.2, -0.15) is 0 Å². The molecule has 3 heterocycles. The molecule has 1 aromatic carbocycles. The minimum atomic E-state index is -0.594. The zero-order chi connectivity index (χ0) is 18.1. The summed E-state index contributed by atoms with van der Waals surface area (Å²) in [6.45, 7) is 3.99. The zero-order valence-electron chi connectivity index (χ0n) is 14.6. The Bertz CT molecular complexity index is 768. The van der Waals surface area contributed by atoms with Gasteiger partial charge < -0.3 is 14.9 Å². The monoisotopic (exact) mass is 374 g/mol. The van der Waals surface area contributed by atoms with Gasteiger partial charge in [0, 0.05) is 19.6 Å². The second kappa shape index (κ2) is 7.47. The van der Waals surface area contributed by atoms with Gasteiger partial charge in [0.25, 0.3) is 5.91 Å². The predicted molar refractivity (Wildman–Crippen MR) is 99.6 cm³/mol. The number of halogens is 1. The van der Waals surface area contributed by atoms with Crippen molar-refractivity contribution in [3.05, 3.63) is 57.5 Å². The van der Waals surface area contributed by atoms with Gasteiger partial charge in [-0.05, 0) is 66.6 Å². The van der Waals surface area contributed by atoms with Crippen molar-refractivity contribution in [3.8, 4) is 0 Å². The fourth-order valence-corrected chi connectivity index (χ4v) is 4.80. The van der Waals surface area contributed by atoms with E-state index in [-0.39, 0.29) is 11.7 Å². The number of piperidine rings is 1. The van der Waals surface area contributed by atoms with E-state index in [0.717, 1.165) is 49.5 Å². The standard InChI is InChI=1S/C20H23FN2O2S/c21-17-3-1-15(2-4-17)18(24)13-22-8-5-14(6-9-22)11-23-12-16-7-10-26-19(16)20(23)25/h1-4,7,10,14,18,24H,5-6,8-9,11-13H2. The summed E-state index contributed by atoms with van der Waals surface area (Å²) < 4.78 is 13.0. The first-order valence-electron chi connectivity index (χ1n) is 9.11. The molecular formula is C20H23FN2O2S. The molecular weight excluding hydrogens is 351 g/mol. The van der Waals surface area contributed by atoms with Crippen LogP contribution in [0.25, 0.3) is 0 Å². The van der Waals surface area contributed by atoms with E-state index in [1.807, 2.05) is 10.3 Å². The maximum Gasteiger partial charge on any atom is 0.264 e. The van der Waals surface area contributed by atoms with E-state index in [4.69, 9.17) is 0 Å². The molecule has 1 amide bonds. The number of amides is 1. The third-order valence-corrected chi connectivity index (χ3v) is 6.41. The van der Waals surface area contributed by atoms with Gasteiger partial charge in [0.1, 0.15) is 5.82 Å². The Morgan fingerprint density at radius 3 is 2.62 bits per heavy atom. The third-order valence-electron chi connectivity index (χ3n) is 5.46. The van der Waals surface area contributed by atoms with E-state index in [1.165, 1.54) is 17.7 Å². The highest BCUT2D eigenvalue weighted by atomic mass is 32.1. The number of hydrogen-bond donors (Lipinski definition) is 1. The van der Waals surface area contributed by atoms with Crippen LogP contribution in [-0.2, 0) is 6.54 Å². The minimum absolute atomic E-state index is 0.184. The van der Waals surface area contributed by atoms with Crippen molar-refractivity contribution >= 4 is 17.2 Å². The summed E-state index contributed by atoms with van der Waals surface area (Å²) in [7, 11) is 0. The molecule has 1 saturated heterocycles. The molecule has 4 nitrogen and oxygen atoms in total. The predicted octanol–water partition coefficient (Wildman–Crippen LogP) is 3.29. The first kappa shape index (κ1) is 17.6. The van der Waals surface area contributed by atoms with E-state index in [9.17, 15) is 14.3 Å². The van der Waals surface area contributed by atoms with E-state index in [1.54, 1.807) is 23.5 Å². The fourth-order valence-electron chi connectivity index (χ4n) is 3.91. The molecule has 4 rings (SSSR count). The molecule has 1 atom stereocenters. The molecule has 2 aliphatic heterocycles. The van der Waals surface area contributed by atoms with Crippen LogP contribution in [0, 0.1) is 11.7 Å². The number of hydrogen-bond acceptors (Lipinski definition) is 4. The van der Waals surface area contributed by atoms with Gasteiger partial charge in [-0.3, -0.25) is 4.79 Å². The summed E-state index contributed by atoms with van der Waals surface area (Å²) in [6.07, 6.45) is 1.48. The van der Waals surface area contributed by atoms with Gasteiger partial charge in [-0.1, -0.05) is 12.1 Å². The molecule has 0 saturated carbocycles. The molecule has 0 bridgehead atoms. The van der Waals surface area contributed by atoms with Crippen molar-refractivity contribution in [1.82, 2.24) is 9.80 Å². The normalized spacial score (nSPS) is 19.8. The Kier molecular flexibility index (Phi) is 5.07.